The zero-order valence-corrected chi connectivity index (χ0v) is 16.1. The fourth-order valence-electron chi connectivity index (χ4n) is 3.98. The van der Waals surface area contributed by atoms with Gasteiger partial charge in [0.15, 0.2) is 5.65 Å². The number of rotatable bonds is 4. The lowest BCUT2D eigenvalue weighted by Crippen LogP contribution is -2.24. The monoisotopic (exact) mass is 402 g/mol. The van der Waals surface area contributed by atoms with Crippen molar-refractivity contribution in [2.24, 2.45) is 0 Å². The Morgan fingerprint density at radius 2 is 1.83 bits per heavy atom. The van der Waals surface area contributed by atoms with Gasteiger partial charge in [-0.25, -0.2) is 13.9 Å². The Morgan fingerprint density at radius 3 is 2.60 bits per heavy atom. The van der Waals surface area contributed by atoms with Crippen LogP contribution in [-0.2, 0) is 11.3 Å². The molecule has 1 aliphatic heterocycles. The van der Waals surface area contributed by atoms with Gasteiger partial charge in [-0.15, -0.1) is 0 Å². The molecule has 1 atom stereocenters. The molecule has 0 radical (unpaired) electrons. The van der Waals surface area contributed by atoms with Crippen molar-refractivity contribution in [2.45, 2.75) is 18.9 Å². The standard InChI is InChI=1S/C23H19FN4O2/c24-18-8-6-16(7-9-18)19-12-25-28-22(30)11-20(26-23(19)28)17-10-21(29)27(14-17)13-15-4-2-1-3-5-15/h1-9,11-12,17,25H,10,13-14H2/t17-/m0/s1. The minimum atomic E-state index is -0.326. The largest absolute Gasteiger partial charge is 0.338 e. The minimum absolute atomic E-state index is 0.0543. The van der Waals surface area contributed by atoms with Gasteiger partial charge in [-0.05, 0) is 23.3 Å². The molecule has 0 spiro atoms. The lowest BCUT2D eigenvalue weighted by molar-refractivity contribution is -0.128. The van der Waals surface area contributed by atoms with E-state index in [2.05, 4.69) is 5.10 Å². The average Bonchev–Trinajstić information content (AvgIpc) is 3.34. The molecule has 1 saturated heterocycles. The molecule has 1 fully saturated rings. The molecule has 6 nitrogen and oxygen atoms in total. The lowest BCUT2D eigenvalue weighted by atomic mass is 10.0. The van der Waals surface area contributed by atoms with Gasteiger partial charge in [0.05, 0.1) is 5.69 Å². The Hall–Kier alpha value is -3.74. The highest BCUT2D eigenvalue weighted by Gasteiger charge is 2.32. The van der Waals surface area contributed by atoms with Gasteiger partial charge in [0.2, 0.25) is 5.91 Å². The van der Waals surface area contributed by atoms with Crippen molar-refractivity contribution < 1.29 is 9.18 Å². The van der Waals surface area contributed by atoms with Crippen LogP contribution in [0.1, 0.15) is 23.6 Å². The van der Waals surface area contributed by atoms with E-state index in [-0.39, 0.29) is 23.2 Å². The summed E-state index contributed by atoms with van der Waals surface area (Å²) in [4.78, 5) is 31.7. The predicted octanol–water partition coefficient (Wildman–Crippen LogP) is 3.34. The van der Waals surface area contributed by atoms with Crippen LogP contribution >= 0.6 is 0 Å². The SMILES string of the molecule is O=C1C[C@H](c2cc(=O)n3[nH]cc(-c4ccc(F)cc4)c3n2)CN1Cc1ccccc1. The van der Waals surface area contributed by atoms with E-state index in [1.165, 1.54) is 22.7 Å². The number of aromatic amines is 1. The molecule has 0 saturated carbocycles. The number of benzene rings is 2. The Bertz CT molecular complexity index is 1280. The number of fused-ring (bicyclic) bond motifs is 1. The van der Waals surface area contributed by atoms with Gasteiger partial charge < -0.3 is 4.90 Å². The topological polar surface area (TPSA) is 70.5 Å². The average molecular weight is 402 g/mol. The third-order valence-electron chi connectivity index (χ3n) is 5.52. The molecule has 0 aliphatic carbocycles. The number of nitrogens with one attached hydrogen (secondary N) is 1. The highest BCUT2D eigenvalue weighted by Crippen LogP contribution is 2.29. The third-order valence-corrected chi connectivity index (χ3v) is 5.52. The zero-order chi connectivity index (χ0) is 20.7. The van der Waals surface area contributed by atoms with Crippen LogP contribution in [-0.4, -0.2) is 31.9 Å². The summed E-state index contributed by atoms with van der Waals surface area (Å²) in [5.74, 6) is -0.416. The number of nitrogens with zero attached hydrogens (tertiary/aromatic N) is 3. The summed E-state index contributed by atoms with van der Waals surface area (Å²) >= 11 is 0. The Labute approximate surface area is 171 Å². The van der Waals surface area contributed by atoms with E-state index in [0.717, 1.165) is 11.1 Å². The van der Waals surface area contributed by atoms with Crippen LogP contribution in [0, 0.1) is 5.82 Å². The summed E-state index contributed by atoms with van der Waals surface area (Å²) in [6, 6.07) is 17.4. The van der Waals surface area contributed by atoms with Gasteiger partial charge in [0.1, 0.15) is 5.82 Å². The van der Waals surface area contributed by atoms with Crippen molar-refractivity contribution in [3.63, 3.8) is 0 Å². The van der Waals surface area contributed by atoms with Crippen molar-refractivity contribution in [1.82, 2.24) is 19.5 Å². The summed E-state index contributed by atoms with van der Waals surface area (Å²) in [6.07, 6.45) is 2.01. The summed E-state index contributed by atoms with van der Waals surface area (Å²) in [6.45, 7) is 1.06. The van der Waals surface area contributed by atoms with Crippen LogP contribution in [0.5, 0.6) is 0 Å². The molecule has 0 bridgehead atoms. The summed E-state index contributed by atoms with van der Waals surface area (Å²) in [5, 5.41) is 2.91. The second kappa shape index (κ2) is 7.26. The highest BCUT2D eigenvalue weighted by molar-refractivity contribution is 5.80. The Morgan fingerprint density at radius 1 is 1.07 bits per heavy atom. The van der Waals surface area contributed by atoms with E-state index in [1.54, 1.807) is 18.3 Å². The van der Waals surface area contributed by atoms with Crippen molar-refractivity contribution >= 4 is 11.6 Å². The van der Waals surface area contributed by atoms with Crippen LogP contribution in [0.15, 0.2) is 71.7 Å². The second-order valence-electron chi connectivity index (χ2n) is 7.53. The van der Waals surface area contributed by atoms with E-state index in [9.17, 15) is 14.0 Å². The molecule has 4 aromatic rings. The second-order valence-corrected chi connectivity index (χ2v) is 7.53. The molecular formula is C23H19FN4O2. The number of halogens is 1. The number of carbonyl (C=O) groups is 1. The van der Waals surface area contributed by atoms with Crippen LogP contribution < -0.4 is 5.56 Å². The molecule has 1 aliphatic rings. The van der Waals surface area contributed by atoms with Gasteiger partial charge in [-0.1, -0.05) is 42.5 Å². The van der Waals surface area contributed by atoms with Crippen LogP contribution in [0.2, 0.25) is 0 Å². The van der Waals surface area contributed by atoms with Crippen molar-refractivity contribution in [2.75, 3.05) is 6.54 Å². The molecule has 2 aromatic heterocycles. The van der Waals surface area contributed by atoms with Crippen molar-refractivity contribution in [3.05, 3.63) is 94.3 Å². The fraction of sp³-hybridized carbons (Fsp3) is 0.174. The molecule has 7 heteroatoms. The molecule has 3 heterocycles. The summed E-state index contributed by atoms with van der Waals surface area (Å²) < 4.78 is 14.7. The van der Waals surface area contributed by atoms with Gasteiger partial charge in [-0.3, -0.25) is 14.7 Å². The van der Waals surface area contributed by atoms with Gasteiger partial charge >= 0.3 is 0 Å². The van der Waals surface area contributed by atoms with E-state index in [4.69, 9.17) is 4.98 Å². The van der Waals surface area contributed by atoms with Crippen LogP contribution in [0.25, 0.3) is 16.8 Å². The van der Waals surface area contributed by atoms with Gasteiger partial charge in [0, 0.05) is 43.3 Å². The smallest absolute Gasteiger partial charge is 0.272 e. The van der Waals surface area contributed by atoms with Crippen LogP contribution in [0.3, 0.4) is 0 Å². The zero-order valence-electron chi connectivity index (χ0n) is 16.1. The number of likely N-dealkylation sites (tertiary alicyclic amines) is 1. The first-order valence-corrected chi connectivity index (χ1v) is 9.77. The fourth-order valence-corrected chi connectivity index (χ4v) is 3.98. The summed E-state index contributed by atoms with van der Waals surface area (Å²) in [7, 11) is 0. The van der Waals surface area contributed by atoms with Crippen molar-refractivity contribution in [1.29, 1.82) is 0 Å². The number of H-pyrrole nitrogens is 1. The quantitative estimate of drug-likeness (QED) is 0.569. The van der Waals surface area contributed by atoms with Gasteiger partial charge in [-0.2, -0.15) is 0 Å². The first kappa shape index (κ1) is 18.3. The van der Waals surface area contributed by atoms with Crippen LogP contribution in [0.4, 0.5) is 4.39 Å². The number of carbonyl (C=O) groups excluding carboxylic acids is 1. The molecule has 5 rings (SSSR count). The van der Waals surface area contributed by atoms with Crippen molar-refractivity contribution in [3.8, 4) is 11.1 Å². The van der Waals surface area contributed by atoms with Gasteiger partial charge in [0.25, 0.3) is 5.56 Å². The van der Waals surface area contributed by atoms with E-state index < -0.39 is 0 Å². The van der Waals surface area contributed by atoms with E-state index in [0.29, 0.717) is 36.4 Å². The summed E-state index contributed by atoms with van der Waals surface area (Å²) in [5.41, 5.74) is 3.37. The minimum Gasteiger partial charge on any atom is -0.338 e. The molecule has 30 heavy (non-hydrogen) atoms. The van der Waals surface area contributed by atoms with E-state index in [1.807, 2.05) is 35.2 Å². The molecule has 1 amide bonds. The maximum Gasteiger partial charge on any atom is 0.272 e. The Balaban J connectivity index is 1.47. The molecule has 2 aromatic carbocycles. The maximum absolute atomic E-state index is 13.3. The first-order chi connectivity index (χ1) is 14.6. The molecule has 150 valence electrons. The molecule has 1 N–H and O–H groups in total. The molecular weight excluding hydrogens is 383 g/mol. The number of hydrogen-bond acceptors (Lipinski definition) is 3. The lowest BCUT2D eigenvalue weighted by Gasteiger charge is -2.16. The number of aromatic nitrogens is 3. The highest BCUT2D eigenvalue weighted by atomic mass is 19.1. The maximum atomic E-state index is 13.3. The Kier molecular flexibility index (Phi) is 4.43. The van der Waals surface area contributed by atoms with E-state index >= 15 is 0 Å². The third kappa shape index (κ3) is 3.28. The first-order valence-electron chi connectivity index (χ1n) is 9.77. The number of amides is 1. The predicted molar refractivity (Wildman–Crippen MR) is 110 cm³/mol. The molecule has 0 unspecified atom stereocenters. The number of hydrogen-bond donors (Lipinski definition) is 1. The normalized spacial score (nSPS) is 16.5.